The topological polar surface area (TPSA) is 57.5 Å². The van der Waals surface area contributed by atoms with Gasteiger partial charge in [-0.2, -0.15) is 0 Å². The monoisotopic (exact) mass is 240 g/mol. The Hall–Kier alpha value is -1.26. The third-order valence-corrected chi connectivity index (χ3v) is 2.14. The maximum Gasteiger partial charge on any atom is 0.300 e. The van der Waals surface area contributed by atoms with Gasteiger partial charge in [-0.15, -0.1) is 0 Å². The summed E-state index contributed by atoms with van der Waals surface area (Å²) < 4.78 is 0. The Morgan fingerprint density at radius 1 is 1.38 bits per heavy atom. The molecule has 4 heteroatoms. The van der Waals surface area contributed by atoms with Gasteiger partial charge in [0, 0.05) is 11.8 Å². The van der Waals surface area contributed by atoms with Crippen LogP contribution < -0.4 is 0 Å². The molecule has 0 amide bonds. The van der Waals surface area contributed by atoms with Crippen molar-refractivity contribution in [1.29, 1.82) is 0 Å². The number of aliphatic carboxylic acids is 1. The summed E-state index contributed by atoms with van der Waals surface area (Å²) in [5.74, 6) is -0.833. The fourth-order valence-electron chi connectivity index (χ4n) is 0.731. The van der Waals surface area contributed by atoms with E-state index in [0.717, 1.165) is 6.92 Å². The van der Waals surface area contributed by atoms with Crippen molar-refractivity contribution >= 4 is 17.7 Å². The third kappa shape index (κ3) is 10.8. The van der Waals surface area contributed by atoms with Crippen LogP contribution in [-0.2, 0) is 4.79 Å². The van der Waals surface area contributed by atoms with Crippen LogP contribution in [0.15, 0.2) is 46.7 Å². The lowest BCUT2D eigenvalue weighted by Gasteiger charge is -1.95. The van der Waals surface area contributed by atoms with E-state index in [0.29, 0.717) is 0 Å². The number of carboxylic acids is 1. The summed E-state index contributed by atoms with van der Waals surface area (Å²) in [7, 11) is 0. The Kier molecular flexibility index (Phi) is 8.29. The molecule has 0 heterocycles. The lowest BCUT2D eigenvalue weighted by Crippen LogP contribution is -1.90. The van der Waals surface area contributed by atoms with Crippen molar-refractivity contribution in [2.24, 2.45) is 0 Å². The highest BCUT2D eigenvalue weighted by Crippen LogP contribution is 2.17. The molecule has 1 atom stereocenters. The second-order valence-electron chi connectivity index (χ2n) is 3.02. The van der Waals surface area contributed by atoms with Crippen LogP contribution in [0.25, 0.3) is 0 Å². The first kappa shape index (κ1) is 14.7. The number of rotatable bonds is 3. The van der Waals surface area contributed by atoms with E-state index in [1.54, 1.807) is 24.8 Å². The second kappa shape index (κ2) is 9.00. The predicted molar refractivity (Wildman–Crippen MR) is 66.4 cm³/mol. The molecule has 0 aliphatic carbocycles. The van der Waals surface area contributed by atoms with Gasteiger partial charge in [-0.3, -0.25) is 4.79 Å². The zero-order valence-corrected chi connectivity index (χ0v) is 10.1. The summed E-state index contributed by atoms with van der Waals surface area (Å²) in [6.07, 6.45) is 1.40. The smallest absolute Gasteiger partial charge is 0.300 e. The van der Waals surface area contributed by atoms with Crippen molar-refractivity contribution in [3.8, 4) is 0 Å². The Balaban J connectivity index is 0.000000487. The molecule has 3 nitrogen and oxygen atoms in total. The highest BCUT2D eigenvalue weighted by atomic mass is 32.2. The van der Waals surface area contributed by atoms with Gasteiger partial charge in [-0.25, -0.2) is 0 Å². The molecule has 1 aromatic carbocycles. The molecule has 0 fully saturated rings. The standard InChI is InChI=1S/C10H12OS.C2H4O2/c1-9(11)7-8-12-10-5-3-2-4-6-10;1-2(3)4/h2-9,11H,1H3;1H3,(H,3,4). The van der Waals surface area contributed by atoms with Crippen molar-refractivity contribution in [1.82, 2.24) is 0 Å². The fraction of sp³-hybridized carbons (Fsp3) is 0.250. The van der Waals surface area contributed by atoms with Gasteiger partial charge in [0.2, 0.25) is 0 Å². The van der Waals surface area contributed by atoms with E-state index in [1.165, 1.54) is 4.90 Å². The van der Waals surface area contributed by atoms with Gasteiger partial charge >= 0.3 is 0 Å². The minimum atomic E-state index is -0.833. The molecule has 1 aromatic rings. The number of benzene rings is 1. The van der Waals surface area contributed by atoms with E-state index in [4.69, 9.17) is 15.0 Å². The van der Waals surface area contributed by atoms with Crippen molar-refractivity contribution in [3.63, 3.8) is 0 Å². The Labute approximate surface area is 99.8 Å². The Morgan fingerprint density at radius 2 is 1.88 bits per heavy atom. The molecule has 88 valence electrons. The average Bonchev–Trinajstić information content (AvgIpc) is 2.18. The zero-order valence-electron chi connectivity index (χ0n) is 9.33. The van der Waals surface area contributed by atoms with Crippen molar-refractivity contribution in [2.75, 3.05) is 0 Å². The first-order chi connectivity index (χ1) is 7.52. The molecule has 16 heavy (non-hydrogen) atoms. The number of thioether (sulfide) groups is 1. The first-order valence-corrected chi connectivity index (χ1v) is 5.66. The van der Waals surface area contributed by atoms with E-state index in [2.05, 4.69) is 0 Å². The van der Waals surface area contributed by atoms with E-state index in [1.807, 2.05) is 35.7 Å². The van der Waals surface area contributed by atoms with E-state index in [-0.39, 0.29) is 6.10 Å². The summed E-state index contributed by atoms with van der Waals surface area (Å²) in [5.41, 5.74) is 0. The molecule has 0 saturated heterocycles. The third-order valence-electron chi connectivity index (χ3n) is 1.30. The van der Waals surface area contributed by atoms with E-state index >= 15 is 0 Å². The Morgan fingerprint density at radius 3 is 2.31 bits per heavy atom. The van der Waals surface area contributed by atoms with Crippen LogP contribution in [0.3, 0.4) is 0 Å². The van der Waals surface area contributed by atoms with Gasteiger partial charge in [0.05, 0.1) is 6.10 Å². The lowest BCUT2D eigenvalue weighted by atomic mass is 10.4. The zero-order chi connectivity index (χ0) is 12.4. The van der Waals surface area contributed by atoms with Crippen LogP contribution >= 0.6 is 11.8 Å². The fourth-order valence-corrected chi connectivity index (χ4v) is 1.51. The number of aliphatic hydroxyl groups excluding tert-OH is 1. The summed E-state index contributed by atoms with van der Waals surface area (Å²) in [6, 6.07) is 10.1. The predicted octanol–water partition coefficient (Wildman–Crippen LogP) is 2.76. The molecule has 0 saturated carbocycles. The largest absolute Gasteiger partial charge is 0.481 e. The maximum absolute atomic E-state index is 9.00. The molecule has 0 aliphatic heterocycles. The first-order valence-electron chi connectivity index (χ1n) is 4.78. The van der Waals surface area contributed by atoms with E-state index < -0.39 is 5.97 Å². The molecular weight excluding hydrogens is 224 g/mol. The number of hydrogen-bond donors (Lipinski definition) is 2. The summed E-state index contributed by atoms with van der Waals surface area (Å²) in [6.45, 7) is 2.82. The molecular formula is C12H16O3S. The second-order valence-corrected chi connectivity index (χ2v) is 4.00. The normalized spacial score (nSPS) is 11.7. The van der Waals surface area contributed by atoms with Gasteiger partial charge < -0.3 is 10.2 Å². The van der Waals surface area contributed by atoms with Crippen LogP contribution in [-0.4, -0.2) is 22.3 Å². The molecule has 0 aromatic heterocycles. The van der Waals surface area contributed by atoms with Gasteiger partial charge in [0.1, 0.15) is 0 Å². The average molecular weight is 240 g/mol. The lowest BCUT2D eigenvalue weighted by molar-refractivity contribution is -0.134. The van der Waals surface area contributed by atoms with Gasteiger partial charge in [0.25, 0.3) is 5.97 Å². The molecule has 0 bridgehead atoms. The molecule has 1 rings (SSSR count). The van der Waals surface area contributed by atoms with Gasteiger partial charge in [0.15, 0.2) is 0 Å². The molecule has 0 radical (unpaired) electrons. The minimum Gasteiger partial charge on any atom is -0.481 e. The number of hydrogen-bond acceptors (Lipinski definition) is 3. The number of carboxylic acid groups (broad SMARTS) is 1. The van der Waals surface area contributed by atoms with Gasteiger partial charge in [-0.05, 0) is 30.5 Å². The number of carbonyl (C=O) groups is 1. The van der Waals surface area contributed by atoms with Gasteiger partial charge in [-0.1, -0.05) is 30.0 Å². The SMILES string of the molecule is CC(=O)O.CC(O)C=CSc1ccccc1. The van der Waals surface area contributed by atoms with Crippen LogP contribution in [0.2, 0.25) is 0 Å². The van der Waals surface area contributed by atoms with Crippen molar-refractivity contribution in [2.45, 2.75) is 24.8 Å². The molecule has 0 aliphatic rings. The molecule has 2 N–H and O–H groups in total. The van der Waals surface area contributed by atoms with Crippen LogP contribution in [0.5, 0.6) is 0 Å². The maximum atomic E-state index is 9.00. The summed E-state index contributed by atoms with van der Waals surface area (Å²) in [5, 5.41) is 18.2. The summed E-state index contributed by atoms with van der Waals surface area (Å²) in [4.78, 5) is 10.2. The number of aliphatic hydroxyl groups is 1. The summed E-state index contributed by atoms with van der Waals surface area (Å²) >= 11 is 1.61. The Bertz CT molecular complexity index is 316. The quantitative estimate of drug-likeness (QED) is 0.798. The highest BCUT2D eigenvalue weighted by molar-refractivity contribution is 8.02. The molecule has 0 spiro atoms. The molecule has 1 unspecified atom stereocenters. The van der Waals surface area contributed by atoms with Crippen molar-refractivity contribution < 1.29 is 15.0 Å². The van der Waals surface area contributed by atoms with Crippen LogP contribution in [0.4, 0.5) is 0 Å². The van der Waals surface area contributed by atoms with E-state index in [9.17, 15) is 0 Å². The van der Waals surface area contributed by atoms with Crippen LogP contribution in [0, 0.1) is 0 Å². The minimum absolute atomic E-state index is 0.360. The van der Waals surface area contributed by atoms with Crippen LogP contribution in [0.1, 0.15) is 13.8 Å². The highest BCUT2D eigenvalue weighted by Gasteiger charge is 1.88. The van der Waals surface area contributed by atoms with Crippen molar-refractivity contribution in [3.05, 3.63) is 41.8 Å².